The van der Waals surface area contributed by atoms with E-state index in [-0.39, 0.29) is 5.60 Å². The molecule has 0 atom stereocenters. The summed E-state index contributed by atoms with van der Waals surface area (Å²) in [5.74, 6) is -0.419. The third kappa shape index (κ3) is 1.25. The molecule has 0 aromatic rings. The lowest BCUT2D eigenvalue weighted by Gasteiger charge is -2.13. The van der Waals surface area contributed by atoms with Crippen LogP contribution in [0.2, 0.25) is 0 Å². The molecule has 0 unspecified atom stereocenters. The van der Waals surface area contributed by atoms with E-state index in [2.05, 4.69) is 0 Å². The van der Waals surface area contributed by atoms with Crippen molar-refractivity contribution >= 4 is 5.97 Å². The van der Waals surface area contributed by atoms with Gasteiger partial charge in [0, 0.05) is 0 Å². The summed E-state index contributed by atoms with van der Waals surface area (Å²) in [5.41, 5.74) is -1.35. The van der Waals surface area contributed by atoms with Gasteiger partial charge in [-0.05, 0) is 32.6 Å². The zero-order chi connectivity index (χ0) is 8.11. The normalized spacial score (nSPS) is 29.3. The number of esters is 1. The van der Waals surface area contributed by atoms with Gasteiger partial charge in [-0.2, -0.15) is 0 Å². The fraction of sp³-hybridized carbons (Fsp3) is 0.875. The smallest absolute Gasteiger partial charge is 0.338 e. The summed E-state index contributed by atoms with van der Waals surface area (Å²) in [6.45, 7) is 1.90. The fourth-order valence-corrected chi connectivity index (χ4v) is 0.919. The van der Waals surface area contributed by atoms with Crippen LogP contribution in [0.1, 0.15) is 32.6 Å². The van der Waals surface area contributed by atoms with Gasteiger partial charge in [-0.25, -0.2) is 4.79 Å². The largest absolute Gasteiger partial charge is 0.457 e. The first-order chi connectivity index (χ1) is 5.04. The molecule has 0 aliphatic heterocycles. The van der Waals surface area contributed by atoms with Crippen molar-refractivity contribution in [3.05, 3.63) is 0 Å². The maximum Gasteiger partial charge on any atom is 0.338 e. The highest BCUT2D eigenvalue weighted by atomic mass is 16.6. The highest BCUT2D eigenvalue weighted by Gasteiger charge is 2.53. The molecule has 0 heterocycles. The van der Waals surface area contributed by atoms with E-state index < -0.39 is 11.6 Å². The highest BCUT2D eigenvalue weighted by Crippen LogP contribution is 2.43. The van der Waals surface area contributed by atoms with Crippen LogP contribution in [0.15, 0.2) is 0 Å². The summed E-state index contributed by atoms with van der Waals surface area (Å²) < 4.78 is 5.09. The number of hydrogen-bond acceptors (Lipinski definition) is 3. The van der Waals surface area contributed by atoms with Crippen molar-refractivity contribution in [2.75, 3.05) is 0 Å². The third-order valence-electron chi connectivity index (χ3n) is 2.40. The molecule has 1 N–H and O–H groups in total. The number of aliphatic hydroxyl groups is 1. The third-order valence-corrected chi connectivity index (χ3v) is 2.40. The van der Waals surface area contributed by atoms with Gasteiger partial charge in [0.1, 0.15) is 5.60 Å². The molecule has 11 heavy (non-hydrogen) atoms. The second-order valence-corrected chi connectivity index (χ2v) is 3.87. The van der Waals surface area contributed by atoms with Crippen LogP contribution < -0.4 is 0 Å². The molecule has 2 saturated carbocycles. The minimum absolute atomic E-state index is 0.241. The van der Waals surface area contributed by atoms with E-state index in [4.69, 9.17) is 4.74 Å². The maximum absolute atomic E-state index is 11.1. The van der Waals surface area contributed by atoms with Crippen LogP contribution in [0, 0.1) is 0 Å². The van der Waals surface area contributed by atoms with Crippen molar-refractivity contribution in [3.63, 3.8) is 0 Å². The average molecular weight is 156 g/mol. The first-order valence-electron chi connectivity index (χ1n) is 4.00. The second kappa shape index (κ2) is 1.78. The molecule has 0 radical (unpaired) electrons. The van der Waals surface area contributed by atoms with E-state index in [9.17, 15) is 9.90 Å². The van der Waals surface area contributed by atoms with E-state index in [1.807, 2.05) is 6.92 Å². The zero-order valence-electron chi connectivity index (χ0n) is 6.59. The summed E-state index contributed by atoms with van der Waals surface area (Å²) >= 11 is 0. The van der Waals surface area contributed by atoms with Crippen LogP contribution in [-0.2, 0) is 9.53 Å². The molecule has 0 spiro atoms. The number of hydrogen-bond donors (Lipinski definition) is 1. The van der Waals surface area contributed by atoms with Crippen LogP contribution in [0.4, 0.5) is 0 Å². The fourth-order valence-electron chi connectivity index (χ4n) is 0.919. The molecular formula is C8H12O3. The Morgan fingerprint density at radius 3 is 2.27 bits per heavy atom. The van der Waals surface area contributed by atoms with E-state index in [1.165, 1.54) is 0 Å². The summed E-state index contributed by atoms with van der Waals surface area (Å²) in [6, 6.07) is 0. The lowest BCUT2D eigenvalue weighted by molar-refractivity contribution is -0.162. The molecule has 2 aliphatic rings. The Morgan fingerprint density at radius 2 is 1.91 bits per heavy atom. The number of rotatable bonds is 2. The molecule has 0 bridgehead atoms. The lowest BCUT2D eigenvalue weighted by Crippen LogP contribution is -2.29. The van der Waals surface area contributed by atoms with Gasteiger partial charge < -0.3 is 9.84 Å². The predicted octanol–water partition coefficient (Wildman–Crippen LogP) is 0.607. The topological polar surface area (TPSA) is 46.5 Å². The Labute approximate surface area is 65.4 Å². The second-order valence-electron chi connectivity index (χ2n) is 3.87. The predicted molar refractivity (Wildman–Crippen MR) is 37.9 cm³/mol. The summed E-state index contributed by atoms with van der Waals surface area (Å²) in [5, 5.41) is 9.31. The van der Waals surface area contributed by atoms with E-state index >= 15 is 0 Å². The Hall–Kier alpha value is -0.570. The molecule has 0 saturated heterocycles. The quantitative estimate of drug-likeness (QED) is 0.596. The van der Waals surface area contributed by atoms with Crippen molar-refractivity contribution in [2.45, 2.75) is 43.8 Å². The van der Waals surface area contributed by atoms with Crippen LogP contribution >= 0.6 is 0 Å². The zero-order valence-corrected chi connectivity index (χ0v) is 6.59. The standard InChI is InChI=1S/C8H12O3/c1-7(2-3-7)11-6(9)8(10)4-5-8/h10H,2-5H2,1H3. The minimum Gasteiger partial charge on any atom is -0.457 e. The van der Waals surface area contributed by atoms with Crippen LogP contribution in [-0.4, -0.2) is 22.3 Å². The van der Waals surface area contributed by atoms with Gasteiger partial charge in [-0.15, -0.1) is 0 Å². The monoisotopic (exact) mass is 156 g/mol. The lowest BCUT2D eigenvalue weighted by atomic mass is 10.3. The Kier molecular flexibility index (Phi) is 1.15. The van der Waals surface area contributed by atoms with Crippen molar-refractivity contribution in [2.24, 2.45) is 0 Å². The van der Waals surface area contributed by atoms with E-state index in [0.29, 0.717) is 12.8 Å². The van der Waals surface area contributed by atoms with Gasteiger partial charge in [0.25, 0.3) is 0 Å². The van der Waals surface area contributed by atoms with Gasteiger partial charge in [0.05, 0.1) is 0 Å². The first kappa shape index (κ1) is 7.10. The molecule has 2 rings (SSSR count). The number of ether oxygens (including phenoxy) is 1. The highest BCUT2D eigenvalue weighted by molar-refractivity contribution is 5.82. The van der Waals surface area contributed by atoms with Crippen molar-refractivity contribution in [1.29, 1.82) is 0 Å². The molecule has 3 heteroatoms. The molecule has 62 valence electrons. The van der Waals surface area contributed by atoms with Gasteiger partial charge in [0.15, 0.2) is 5.60 Å². The SMILES string of the molecule is CC1(OC(=O)C2(O)CC2)CC1. The molecule has 0 aromatic carbocycles. The maximum atomic E-state index is 11.1. The van der Waals surface area contributed by atoms with E-state index in [0.717, 1.165) is 12.8 Å². The van der Waals surface area contributed by atoms with Crippen molar-refractivity contribution in [1.82, 2.24) is 0 Å². The molecule has 2 fully saturated rings. The van der Waals surface area contributed by atoms with Gasteiger partial charge in [-0.1, -0.05) is 0 Å². The molecular weight excluding hydrogens is 144 g/mol. The van der Waals surface area contributed by atoms with Gasteiger partial charge >= 0.3 is 5.97 Å². The molecule has 3 nitrogen and oxygen atoms in total. The van der Waals surface area contributed by atoms with Gasteiger partial charge in [-0.3, -0.25) is 0 Å². The molecule has 2 aliphatic carbocycles. The van der Waals surface area contributed by atoms with Crippen molar-refractivity contribution < 1.29 is 14.6 Å². The summed E-state index contributed by atoms with van der Waals surface area (Å²) in [4.78, 5) is 11.1. The Morgan fingerprint density at radius 1 is 1.36 bits per heavy atom. The molecule has 0 amide bonds. The van der Waals surface area contributed by atoms with Crippen molar-refractivity contribution in [3.8, 4) is 0 Å². The number of carbonyl (C=O) groups excluding carboxylic acids is 1. The van der Waals surface area contributed by atoms with E-state index in [1.54, 1.807) is 0 Å². The molecule has 0 aromatic heterocycles. The number of carbonyl (C=O) groups is 1. The van der Waals surface area contributed by atoms with Gasteiger partial charge in [0.2, 0.25) is 0 Å². The first-order valence-corrected chi connectivity index (χ1v) is 4.00. The van der Waals surface area contributed by atoms with Crippen LogP contribution in [0.5, 0.6) is 0 Å². The summed E-state index contributed by atoms with van der Waals surface area (Å²) in [6.07, 6.45) is 3.02. The average Bonchev–Trinajstić information content (AvgIpc) is 2.75. The minimum atomic E-state index is -1.11. The van der Waals surface area contributed by atoms with Crippen LogP contribution in [0.3, 0.4) is 0 Å². The van der Waals surface area contributed by atoms with Crippen LogP contribution in [0.25, 0.3) is 0 Å². The Balaban J connectivity index is 1.91. The summed E-state index contributed by atoms with van der Waals surface area (Å²) in [7, 11) is 0. The Bertz CT molecular complexity index is 201.